The Kier molecular flexibility index (Phi) is 16.1. The first-order valence-electron chi connectivity index (χ1n) is 15.5. The van der Waals surface area contributed by atoms with Crippen molar-refractivity contribution >= 4 is 23.9 Å². The second kappa shape index (κ2) is 19.5. The summed E-state index contributed by atoms with van der Waals surface area (Å²) in [6, 6.07) is 12.6. The summed E-state index contributed by atoms with van der Waals surface area (Å²) in [7, 11) is 0. The standard InChI is InChI=1S/C35H48O8/c1-25(2)16-8-6-14-22-40-32(36)28-18-10-11-19-29(28)34(38)42-24-27(5)43-35(39)31-21-13-12-20-30(31)33(37)41-23-15-7-9-17-26(3)4/h10-13,18-21,25-27H,6-9,14-17,22-24H2,1-5H3. The number of unbranched alkanes of at least 4 members (excludes halogenated alkanes) is 4. The summed E-state index contributed by atoms with van der Waals surface area (Å²) in [5.74, 6) is -1.35. The van der Waals surface area contributed by atoms with Crippen LogP contribution in [0.25, 0.3) is 0 Å². The van der Waals surface area contributed by atoms with E-state index in [9.17, 15) is 19.2 Å². The van der Waals surface area contributed by atoms with Crippen LogP contribution in [0.1, 0.15) is 127 Å². The fourth-order valence-corrected chi connectivity index (χ4v) is 4.38. The van der Waals surface area contributed by atoms with Crippen LogP contribution in [-0.2, 0) is 18.9 Å². The molecule has 8 nitrogen and oxygen atoms in total. The summed E-state index contributed by atoms with van der Waals surface area (Å²) in [6.45, 7) is 10.6. The van der Waals surface area contributed by atoms with E-state index in [4.69, 9.17) is 18.9 Å². The average molecular weight is 597 g/mol. The molecule has 0 amide bonds. The van der Waals surface area contributed by atoms with Gasteiger partial charge in [0.2, 0.25) is 0 Å². The first kappa shape index (κ1) is 35.5. The van der Waals surface area contributed by atoms with Crippen molar-refractivity contribution in [3.8, 4) is 0 Å². The molecule has 2 rings (SSSR count). The summed E-state index contributed by atoms with van der Waals surface area (Å²) in [5, 5.41) is 0. The third-order valence-corrected chi connectivity index (χ3v) is 6.81. The fraction of sp³-hybridized carbons (Fsp3) is 0.543. The largest absolute Gasteiger partial charge is 0.462 e. The predicted octanol–water partition coefficient (Wildman–Crippen LogP) is 7.84. The van der Waals surface area contributed by atoms with Gasteiger partial charge in [0, 0.05) is 0 Å². The Hall–Kier alpha value is -3.68. The van der Waals surface area contributed by atoms with Crippen LogP contribution in [0.3, 0.4) is 0 Å². The van der Waals surface area contributed by atoms with Crippen molar-refractivity contribution in [1.29, 1.82) is 0 Å². The van der Waals surface area contributed by atoms with Gasteiger partial charge >= 0.3 is 23.9 Å². The molecule has 1 atom stereocenters. The molecule has 0 fully saturated rings. The number of carbonyl (C=O) groups excluding carboxylic acids is 4. The van der Waals surface area contributed by atoms with Gasteiger partial charge < -0.3 is 18.9 Å². The molecule has 8 heteroatoms. The van der Waals surface area contributed by atoms with Crippen molar-refractivity contribution in [3.05, 3.63) is 70.8 Å². The normalized spacial score (nSPS) is 11.7. The van der Waals surface area contributed by atoms with E-state index < -0.39 is 30.0 Å². The third kappa shape index (κ3) is 13.4. The number of hydrogen-bond donors (Lipinski definition) is 0. The zero-order chi connectivity index (χ0) is 31.6. The van der Waals surface area contributed by atoms with Gasteiger partial charge in [-0.05, 0) is 55.9 Å². The Morgan fingerprint density at radius 2 is 0.884 bits per heavy atom. The summed E-state index contributed by atoms with van der Waals surface area (Å²) in [4.78, 5) is 51.0. The maximum absolute atomic E-state index is 12.9. The van der Waals surface area contributed by atoms with Crippen molar-refractivity contribution < 1.29 is 38.1 Å². The lowest BCUT2D eigenvalue weighted by Crippen LogP contribution is -2.24. The van der Waals surface area contributed by atoms with Gasteiger partial charge in [0.15, 0.2) is 0 Å². The molecule has 0 aliphatic rings. The molecule has 0 radical (unpaired) electrons. The third-order valence-electron chi connectivity index (χ3n) is 6.81. The van der Waals surface area contributed by atoms with Gasteiger partial charge in [0.25, 0.3) is 0 Å². The monoisotopic (exact) mass is 596 g/mol. The van der Waals surface area contributed by atoms with Gasteiger partial charge in [-0.25, -0.2) is 19.2 Å². The number of hydrogen-bond acceptors (Lipinski definition) is 8. The van der Waals surface area contributed by atoms with E-state index in [1.165, 1.54) is 24.3 Å². The average Bonchev–Trinajstić information content (AvgIpc) is 2.98. The molecular weight excluding hydrogens is 548 g/mol. The number of esters is 4. The van der Waals surface area contributed by atoms with E-state index in [1.807, 2.05) is 0 Å². The van der Waals surface area contributed by atoms with Crippen LogP contribution in [0.2, 0.25) is 0 Å². The summed E-state index contributed by atoms with van der Waals surface area (Å²) < 4.78 is 21.6. The molecule has 0 aliphatic carbocycles. The highest BCUT2D eigenvalue weighted by molar-refractivity contribution is 6.04. The van der Waals surface area contributed by atoms with E-state index in [0.717, 1.165) is 51.4 Å². The lowest BCUT2D eigenvalue weighted by atomic mass is 10.1. The van der Waals surface area contributed by atoms with E-state index in [2.05, 4.69) is 27.7 Å². The smallest absolute Gasteiger partial charge is 0.339 e. The summed E-state index contributed by atoms with van der Waals surface area (Å²) in [6.07, 6.45) is 7.06. The maximum Gasteiger partial charge on any atom is 0.339 e. The van der Waals surface area contributed by atoms with E-state index in [-0.39, 0.29) is 42.1 Å². The Labute approximate surface area is 256 Å². The maximum atomic E-state index is 12.9. The summed E-state index contributed by atoms with van der Waals surface area (Å²) >= 11 is 0. The highest BCUT2D eigenvalue weighted by Gasteiger charge is 2.23. The molecule has 0 aromatic heterocycles. The van der Waals surface area contributed by atoms with Crippen LogP contribution in [0, 0.1) is 11.8 Å². The molecule has 0 aliphatic heterocycles. The molecule has 2 aromatic carbocycles. The highest BCUT2D eigenvalue weighted by Crippen LogP contribution is 2.16. The van der Waals surface area contributed by atoms with Crippen LogP contribution in [0.15, 0.2) is 48.5 Å². The van der Waals surface area contributed by atoms with E-state index in [1.54, 1.807) is 31.2 Å². The highest BCUT2D eigenvalue weighted by atomic mass is 16.6. The second-order valence-corrected chi connectivity index (χ2v) is 11.7. The Morgan fingerprint density at radius 3 is 1.28 bits per heavy atom. The van der Waals surface area contributed by atoms with Crippen molar-refractivity contribution in [2.45, 2.75) is 92.1 Å². The van der Waals surface area contributed by atoms with E-state index in [0.29, 0.717) is 11.8 Å². The van der Waals surface area contributed by atoms with Crippen LogP contribution in [0.5, 0.6) is 0 Å². The van der Waals surface area contributed by atoms with Crippen LogP contribution in [-0.4, -0.2) is 49.8 Å². The number of benzene rings is 2. The Morgan fingerprint density at radius 1 is 0.512 bits per heavy atom. The number of rotatable bonds is 19. The first-order chi connectivity index (χ1) is 20.6. The second-order valence-electron chi connectivity index (χ2n) is 11.7. The van der Waals surface area contributed by atoms with Crippen molar-refractivity contribution in [2.75, 3.05) is 19.8 Å². The molecule has 0 spiro atoms. The van der Waals surface area contributed by atoms with Gasteiger partial charge in [0.1, 0.15) is 12.7 Å². The minimum Gasteiger partial charge on any atom is -0.462 e. The molecule has 0 saturated heterocycles. The predicted molar refractivity (Wildman–Crippen MR) is 165 cm³/mol. The van der Waals surface area contributed by atoms with Crippen molar-refractivity contribution in [1.82, 2.24) is 0 Å². The molecule has 0 heterocycles. The van der Waals surface area contributed by atoms with Gasteiger partial charge in [-0.1, -0.05) is 90.5 Å². The SMILES string of the molecule is CC(C)CCCCCOC(=O)c1ccccc1C(=O)OCC(C)OC(=O)c1ccccc1C(=O)OCCCCCC(C)C. The van der Waals surface area contributed by atoms with Gasteiger partial charge in [-0.2, -0.15) is 0 Å². The van der Waals surface area contributed by atoms with Crippen molar-refractivity contribution in [2.24, 2.45) is 11.8 Å². The minimum absolute atomic E-state index is 0.0720. The Balaban J connectivity index is 1.86. The molecule has 1 unspecified atom stereocenters. The van der Waals surface area contributed by atoms with Crippen LogP contribution in [0.4, 0.5) is 0 Å². The molecule has 43 heavy (non-hydrogen) atoms. The molecule has 2 aromatic rings. The van der Waals surface area contributed by atoms with Crippen LogP contribution < -0.4 is 0 Å². The van der Waals surface area contributed by atoms with Gasteiger partial charge in [-0.15, -0.1) is 0 Å². The summed E-state index contributed by atoms with van der Waals surface area (Å²) in [5.41, 5.74) is 0.379. The zero-order valence-electron chi connectivity index (χ0n) is 26.4. The van der Waals surface area contributed by atoms with Crippen LogP contribution >= 0.6 is 0 Å². The number of carbonyl (C=O) groups is 4. The molecule has 236 valence electrons. The first-order valence-corrected chi connectivity index (χ1v) is 15.5. The molecular formula is C35H48O8. The van der Waals surface area contributed by atoms with Gasteiger partial charge in [-0.3, -0.25) is 0 Å². The number of ether oxygens (including phenoxy) is 4. The minimum atomic E-state index is -0.813. The lowest BCUT2D eigenvalue weighted by molar-refractivity contribution is 0.00413. The lowest BCUT2D eigenvalue weighted by Gasteiger charge is -2.16. The Bertz CT molecular complexity index is 1170. The molecule has 0 bridgehead atoms. The quantitative estimate of drug-likeness (QED) is 0.0918. The van der Waals surface area contributed by atoms with Crippen molar-refractivity contribution in [3.63, 3.8) is 0 Å². The fourth-order valence-electron chi connectivity index (χ4n) is 4.38. The van der Waals surface area contributed by atoms with E-state index >= 15 is 0 Å². The molecule has 0 N–H and O–H groups in total. The van der Waals surface area contributed by atoms with Gasteiger partial charge in [0.05, 0.1) is 35.5 Å². The topological polar surface area (TPSA) is 105 Å². The zero-order valence-corrected chi connectivity index (χ0v) is 26.4. The molecule has 0 saturated carbocycles.